The van der Waals surface area contributed by atoms with Gasteiger partial charge in [0, 0.05) is 25.0 Å². The molecule has 0 aliphatic carbocycles. The lowest BCUT2D eigenvalue weighted by Crippen LogP contribution is -2.57. The summed E-state index contributed by atoms with van der Waals surface area (Å²) in [7, 11) is 0. The zero-order valence-corrected chi connectivity index (χ0v) is 21.2. The SMILES string of the molecule is NC(=O)C[C@@H]1NC(=O)C(CCC(=O)O)NC(=O)c2cc([N+](=O)[O-])cc(I)c2OCC[C@@H](C(N)=O)NC1=O. The molecule has 1 unspecified atom stereocenters. The molecule has 16 nitrogen and oxygen atoms in total. The van der Waals surface area contributed by atoms with Crippen LogP contribution in [0.1, 0.15) is 36.0 Å². The van der Waals surface area contributed by atoms with Gasteiger partial charge in [0.2, 0.25) is 23.6 Å². The molecule has 1 aliphatic rings. The Hall–Kier alpha value is -4.03. The summed E-state index contributed by atoms with van der Waals surface area (Å²) in [4.78, 5) is 83.9. The first-order chi connectivity index (χ1) is 17.3. The molecule has 1 aromatic carbocycles. The van der Waals surface area contributed by atoms with E-state index in [4.69, 9.17) is 21.3 Å². The Morgan fingerprint density at radius 3 is 2.32 bits per heavy atom. The predicted octanol–water partition coefficient (Wildman–Crippen LogP) is -1.72. The number of carbonyl (C=O) groups excluding carboxylic acids is 5. The van der Waals surface area contributed by atoms with Crippen LogP contribution in [0.3, 0.4) is 0 Å². The minimum Gasteiger partial charge on any atom is -0.492 e. The van der Waals surface area contributed by atoms with Gasteiger partial charge in [0.05, 0.1) is 27.1 Å². The molecule has 0 fully saturated rings. The highest BCUT2D eigenvalue weighted by Gasteiger charge is 2.32. The van der Waals surface area contributed by atoms with Gasteiger partial charge in [-0.25, -0.2) is 0 Å². The number of ether oxygens (including phenoxy) is 1. The number of nitro benzene ring substituents is 1. The molecule has 0 aromatic heterocycles. The summed E-state index contributed by atoms with van der Waals surface area (Å²) in [5.74, 6) is -6.41. The van der Waals surface area contributed by atoms with Gasteiger partial charge in [0.1, 0.15) is 23.9 Å². The lowest BCUT2D eigenvalue weighted by atomic mass is 10.1. The zero-order chi connectivity index (χ0) is 27.9. The second kappa shape index (κ2) is 12.8. The summed E-state index contributed by atoms with van der Waals surface area (Å²) in [6.07, 6.45) is -1.91. The van der Waals surface area contributed by atoms with E-state index in [-0.39, 0.29) is 27.9 Å². The molecule has 1 heterocycles. The minimum atomic E-state index is -1.59. The van der Waals surface area contributed by atoms with E-state index in [0.717, 1.165) is 12.1 Å². The number of carboxylic acid groups (broad SMARTS) is 1. The molecule has 37 heavy (non-hydrogen) atoms. The van der Waals surface area contributed by atoms with Crippen LogP contribution in [0.2, 0.25) is 0 Å². The number of rotatable bonds is 7. The van der Waals surface area contributed by atoms with Gasteiger partial charge in [0.25, 0.3) is 11.6 Å². The molecule has 0 radical (unpaired) electrons. The third-order valence-electron chi connectivity index (χ3n) is 5.10. The summed E-state index contributed by atoms with van der Waals surface area (Å²) < 4.78 is 5.77. The van der Waals surface area contributed by atoms with Crippen molar-refractivity contribution in [3.8, 4) is 5.75 Å². The smallest absolute Gasteiger partial charge is 0.303 e. The molecule has 200 valence electrons. The van der Waals surface area contributed by atoms with Crippen LogP contribution in [-0.2, 0) is 24.0 Å². The van der Waals surface area contributed by atoms with Gasteiger partial charge >= 0.3 is 5.97 Å². The average Bonchev–Trinajstić information content (AvgIpc) is 2.79. The van der Waals surface area contributed by atoms with Crippen molar-refractivity contribution in [2.75, 3.05) is 6.61 Å². The van der Waals surface area contributed by atoms with Gasteiger partial charge in [-0.2, -0.15) is 0 Å². The summed E-state index contributed by atoms with van der Waals surface area (Å²) in [6, 6.07) is -2.42. The van der Waals surface area contributed by atoms with Crippen LogP contribution in [0.5, 0.6) is 5.75 Å². The molecular formula is C20H23IN6O10. The number of halogens is 1. The Morgan fingerprint density at radius 1 is 1.11 bits per heavy atom. The second-order valence-electron chi connectivity index (χ2n) is 7.85. The van der Waals surface area contributed by atoms with Crippen molar-refractivity contribution in [3.05, 3.63) is 31.4 Å². The first-order valence-electron chi connectivity index (χ1n) is 10.6. The fourth-order valence-corrected chi connectivity index (χ4v) is 4.06. The quantitative estimate of drug-likeness (QED) is 0.112. The number of nitrogens with two attached hydrogens (primary N) is 2. The Labute approximate surface area is 222 Å². The average molecular weight is 634 g/mol. The predicted molar refractivity (Wildman–Crippen MR) is 131 cm³/mol. The van der Waals surface area contributed by atoms with Gasteiger partial charge in [-0.3, -0.25) is 38.9 Å². The fraction of sp³-hybridized carbons (Fsp3) is 0.400. The number of hydrogen-bond acceptors (Lipinski definition) is 9. The van der Waals surface area contributed by atoms with Crippen LogP contribution in [0, 0.1) is 13.7 Å². The highest BCUT2D eigenvalue weighted by Crippen LogP contribution is 2.31. The maximum Gasteiger partial charge on any atom is 0.303 e. The number of nitrogens with zero attached hydrogens (tertiary/aromatic N) is 1. The number of amides is 5. The van der Waals surface area contributed by atoms with E-state index >= 15 is 0 Å². The molecule has 17 heteroatoms. The van der Waals surface area contributed by atoms with Crippen molar-refractivity contribution in [1.29, 1.82) is 0 Å². The highest BCUT2D eigenvalue weighted by molar-refractivity contribution is 14.1. The van der Waals surface area contributed by atoms with E-state index in [1.807, 2.05) is 0 Å². The number of nitrogens with one attached hydrogen (secondary N) is 3. The van der Waals surface area contributed by atoms with Crippen LogP contribution in [0.15, 0.2) is 12.1 Å². The number of carboxylic acids is 1. The molecule has 0 spiro atoms. The van der Waals surface area contributed by atoms with E-state index in [9.17, 15) is 38.9 Å². The standard InChI is InChI=1S/C20H23IN6O10/c21-10-6-8(27(35)36)5-9-16(10)37-4-3-11(17(23)31)24-20(34)13(7-14(22)28)26-19(33)12(25-18(9)32)1-2-15(29)30/h5-6,11-13H,1-4,7H2,(H2,22,28)(H2,23,31)(H,24,34)(H,25,32)(H,26,33)(H,29,30)/t11-,12?,13-/m0/s1. The van der Waals surface area contributed by atoms with Crippen LogP contribution in [0.4, 0.5) is 5.69 Å². The molecule has 0 saturated carbocycles. The van der Waals surface area contributed by atoms with Crippen molar-refractivity contribution in [2.45, 2.75) is 43.8 Å². The fourth-order valence-electron chi connectivity index (χ4n) is 3.29. The Bertz CT molecular complexity index is 1140. The number of carbonyl (C=O) groups is 6. The molecule has 3 atom stereocenters. The molecule has 0 saturated heterocycles. The van der Waals surface area contributed by atoms with Crippen molar-refractivity contribution in [3.63, 3.8) is 0 Å². The maximum absolute atomic E-state index is 13.1. The largest absolute Gasteiger partial charge is 0.492 e. The summed E-state index contributed by atoms with van der Waals surface area (Å²) in [6.45, 7) is -0.280. The maximum atomic E-state index is 13.1. The first-order valence-corrected chi connectivity index (χ1v) is 11.7. The van der Waals surface area contributed by atoms with E-state index in [1.165, 1.54) is 0 Å². The number of hydrogen-bond donors (Lipinski definition) is 6. The van der Waals surface area contributed by atoms with Crippen LogP contribution in [-0.4, -0.2) is 70.3 Å². The summed E-state index contributed by atoms with van der Waals surface area (Å²) in [5.41, 5.74) is 9.71. The zero-order valence-electron chi connectivity index (χ0n) is 19.0. The van der Waals surface area contributed by atoms with E-state index in [2.05, 4.69) is 16.0 Å². The molecular weight excluding hydrogens is 611 g/mol. The summed E-state index contributed by atoms with van der Waals surface area (Å²) >= 11 is 1.69. The van der Waals surface area contributed by atoms with Gasteiger partial charge < -0.3 is 37.3 Å². The molecule has 1 aromatic rings. The molecule has 0 bridgehead atoms. The van der Waals surface area contributed by atoms with Gasteiger partial charge in [-0.05, 0) is 29.0 Å². The summed E-state index contributed by atoms with van der Waals surface area (Å²) in [5, 5.41) is 27.2. The Morgan fingerprint density at radius 2 is 1.76 bits per heavy atom. The van der Waals surface area contributed by atoms with Crippen LogP contribution in [0.25, 0.3) is 0 Å². The normalized spacial score (nSPS) is 20.7. The Kier molecular flexibility index (Phi) is 10.1. The lowest BCUT2D eigenvalue weighted by Gasteiger charge is -2.25. The number of benzene rings is 1. The van der Waals surface area contributed by atoms with E-state index in [1.54, 1.807) is 22.6 Å². The molecule has 5 amide bonds. The molecule has 1 aliphatic heterocycles. The van der Waals surface area contributed by atoms with Crippen molar-refractivity contribution in [1.82, 2.24) is 16.0 Å². The van der Waals surface area contributed by atoms with Crippen LogP contribution < -0.4 is 32.2 Å². The van der Waals surface area contributed by atoms with Gasteiger partial charge in [0.15, 0.2) is 0 Å². The third-order valence-corrected chi connectivity index (χ3v) is 5.90. The second-order valence-corrected chi connectivity index (χ2v) is 9.01. The van der Waals surface area contributed by atoms with Gasteiger partial charge in [-0.1, -0.05) is 0 Å². The van der Waals surface area contributed by atoms with Crippen molar-refractivity contribution in [2.24, 2.45) is 11.5 Å². The number of aliphatic carboxylic acids is 1. The number of fused-ring (bicyclic) bond motifs is 1. The molecule has 8 N–H and O–H groups in total. The minimum absolute atomic E-state index is 0.112. The van der Waals surface area contributed by atoms with E-state index in [0.29, 0.717) is 0 Å². The highest BCUT2D eigenvalue weighted by atomic mass is 127. The topological polar surface area (TPSA) is 263 Å². The van der Waals surface area contributed by atoms with Crippen LogP contribution >= 0.6 is 22.6 Å². The van der Waals surface area contributed by atoms with Crippen molar-refractivity contribution < 1.29 is 43.5 Å². The number of primary amides is 2. The first kappa shape index (κ1) is 29.2. The number of non-ortho nitro benzene ring substituents is 1. The van der Waals surface area contributed by atoms with Gasteiger partial charge in [-0.15, -0.1) is 0 Å². The molecule has 2 rings (SSSR count). The Balaban J connectivity index is 2.58. The van der Waals surface area contributed by atoms with Crippen molar-refractivity contribution >= 4 is 63.8 Å². The number of nitro groups is 1. The third kappa shape index (κ3) is 8.26. The monoisotopic (exact) mass is 634 g/mol. The van der Waals surface area contributed by atoms with E-state index < -0.39 is 83.5 Å². The lowest BCUT2D eigenvalue weighted by molar-refractivity contribution is -0.385.